The summed E-state index contributed by atoms with van der Waals surface area (Å²) in [4.78, 5) is 26.0. The molecule has 3 aromatic carbocycles. The number of hydrogen-bond donors (Lipinski definition) is 0. The SMILES string of the molecule is O=C1CC(c2ccccc2)(c2ccccc2)OC(=O)C1SCCc1ccccc1. The molecule has 1 unspecified atom stereocenters. The maximum atomic E-state index is 13.1. The van der Waals surface area contributed by atoms with E-state index in [1.165, 1.54) is 17.3 Å². The molecule has 1 fully saturated rings. The Balaban J connectivity index is 1.55. The first-order valence-electron chi connectivity index (χ1n) is 9.71. The summed E-state index contributed by atoms with van der Waals surface area (Å²) < 4.78 is 6.05. The van der Waals surface area contributed by atoms with Crippen molar-refractivity contribution in [3.63, 3.8) is 0 Å². The van der Waals surface area contributed by atoms with Gasteiger partial charge in [0.2, 0.25) is 0 Å². The Morgan fingerprint density at radius 1 is 0.793 bits per heavy atom. The van der Waals surface area contributed by atoms with E-state index >= 15 is 0 Å². The minimum atomic E-state index is -1.06. The van der Waals surface area contributed by atoms with Crippen LogP contribution in [0.15, 0.2) is 91.0 Å². The number of aryl methyl sites for hydroxylation is 1. The van der Waals surface area contributed by atoms with Crippen LogP contribution in [0.4, 0.5) is 0 Å². The van der Waals surface area contributed by atoms with Crippen molar-refractivity contribution in [3.05, 3.63) is 108 Å². The lowest BCUT2D eigenvalue weighted by molar-refractivity contribution is -0.165. The zero-order valence-electron chi connectivity index (χ0n) is 16.0. The molecule has 1 atom stereocenters. The van der Waals surface area contributed by atoms with Gasteiger partial charge in [-0.05, 0) is 17.7 Å². The third-order valence-corrected chi connectivity index (χ3v) is 6.43. The van der Waals surface area contributed by atoms with Gasteiger partial charge in [-0.2, -0.15) is 0 Å². The number of esters is 1. The van der Waals surface area contributed by atoms with Gasteiger partial charge in [0.15, 0.2) is 16.6 Å². The lowest BCUT2D eigenvalue weighted by Crippen LogP contribution is -2.48. The number of ketones is 1. The second-order valence-corrected chi connectivity index (χ2v) is 8.32. The minimum Gasteiger partial charge on any atom is -0.448 e. The molecule has 3 aromatic rings. The van der Waals surface area contributed by atoms with Crippen LogP contribution in [0.1, 0.15) is 23.1 Å². The van der Waals surface area contributed by atoms with Crippen LogP contribution in [-0.4, -0.2) is 22.8 Å². The highest BCUT2D eigenvalue weighted by Crippen LogP contribution is 2.42. The second kappa shape index (κ2) is 8.66. The van der Waals surface area contributed by atoms with E-state index in [9.17, 15) is 9.59 Å². The molecular weight excluding hydrogens is 380 g/mol. The molecule has 0 aliphatic carbocycles. The molecule has 4 rings (SSSR count). The molecule has 29 heavy (non-hydrogen) atoms. The normalized spacial score (nSPS) is 18.3. The number of carbonyl (C=O) groups excluding carboxylic acids is 2. The first kappa shape index (κ1) is 19.5. The summed E-state index contributed by atoms with van der Waals surface area (Å²) in [5.74, 6) is 0.165. The molecule has 0 N–H and O–H groups in total. The van der Waals surface area contributed by atoms with E-state index in [1.54, 1.807) is 0 Å². The molecule has 1 aliphatic heterocycles. The van der Waals surface area contributed by atoms with Gasteiger partial charge in [0.25, 0.3) is 0 Å². The molecule has 0 aromatic heterocycles. The average Bonchev–Trinajstić information content (AvgIpc) is 2.77. The van der Waals surface area contributed by atoms with Crippen LogP contribution in [0.2, 0.25) is 0 Å². The molecule has 3 nitrogen and oxygen atoms in total. The van der Waals surface area contributed by atoms with Gasteiger partial charge in [0.1, 0.15) is 0 Å². The highest BCUT2D eigenvalue weighted by Gasteiger charge is 2.49. The maximum absolute atomic E-state index is 13.1. The van der Waals surface area contributed by atoms with E-state index in [-0.39, 0.29) is 12.2 Å². The van der Waals surface area contributed by atoms with Crippen molar-refractivity contribution in [2.75, 3.05) is 5.75 Å². The molecular formula is C25H22O3S. The Morgan fingerprint density at radius 3 is 1.83 bits per heavy atom. The quantitative estimate of drug-likeness (QED) is 0.439. The van der Waals surface area contributed by atoms with Crippen LogP contribution in [0.25, 0.3) is 0 Å². The molecule has 0 spiro atoms. The second-order valence-electron chi connectivity index (χ2n) is 7.11. The van der Waals surface area contributed by atoms with E-state index in [0.717, 1.165) is 17.5 Å². The highest BCUT2D eigenvalue weighted by atomic mass is 32.2. The minimum absolute atomic E-state index is 0.0768. The zero-order chi connectivity index (χ0) is 20.1. The van der Waals surface area contributed by atoms with E-state index in [1.807, 2.05) is 78.9 Å². The number of rotatable bonds is 6. The first-order chi connectivity index (χ1) is 14.2. The lowest BCUT2D eigenvalue weighted by Gasteiger charge is -2.39. The van der Waals surface area contributed by atoms with Gasteiger partial charge in [-0.25, -0.2) is 0 Å². The van der Waals surface area contributed by atoms with E-state index < -0.39 is 16.8 Å². The number of carbonyl (C=O) groups is 2. The molecule has 1 aliphatic rings. The van der Waals surface area contributed by atoms with Crippen LogP contribution in [-0.2, 0) is 26.3 Å². The maximum Gasteiger partial charge on any atom is 0.327 e. The molecule has 4 heteroatoms. The Morgan fingerprint density at radius 2 is 1.31 bits per heavy atom. The molecule has 1 heterocycles. The number of hydrogen-bond acceptors (Lipinski definition) is 4. The molecule has 0 bridgehead atoms. The van der Waals surface area contributed by atoms with Gasteiger partial charge >= 0.3 is 5.97 Å². The Hall–Kier alpha value is -2.85. The fourth-order valence-corrected chi connectivity index (χ4v) is 4.78. The van der Waals surface area contributed by atoms with Crippen molar-refractivity contribution in [1.29, 1.82) is 0 Å². The number of thioether (sulfide) groups is 1. The first-order valence-corrected chi connectivity index (χ1v) is 10.8. The fraction of sp³-hybridized carbons (Fsp3) is 0.200. The summed E-state index contributed by atoms with van der Waals surface area (Å²) in [7, 11) is 0. The molecule has 0 saturated carbocycles. The summed E-state index contributed by atoms with van der Waals surface area (Å²) in [6.45, 7) is 0. The van der Waals surface area contributed by atoms with Crippen LogP contribution >= 0.6 is 11.8 Å². The largest absolute Gasteiger partial charge is 0.448 e. The average molecular weight is 403 g/mol. The van der Waals surface area contributed by atoms with Gasteiger partial charge in [-0.3, -0.25) is 9.59 Å². The van der Waals surface area contributed by atoms with Crippen LogP contribution in [0.5, 0.6) is 0 Å². The van der Waals surface area contributed by atoms with Gasteiger partial charge < -0.3 is 4.74 Å². The highest BCUT2D eigenvalue weighted by molar-refractivity contribution is 8.01. The standard InChI is InChI=1S/C25H22O3S/c26-22-18-25(20-12-6-2-7-13-20,21-14-8-3-9-15-21)28-24(27)23(22)29-17-16-19-10-4-1-5-11-19/h1-15,23H,16-18H2. The summed E-state index contributed by atoms with van der Waals surface area (Å²) in [5.41, 5.74) is 1.77. The summed E-state index contributed by atoms with van der Waals surface area (Å²) >= 11 is 1.38. The predicted octanol–water partition coefficient (Wildman–Crippen LogP) is 4.79. The number of benzene rings is 3. The smallest absolute Gasteiger partial charge is 0.327 e. The summed E-state index contributed by atoms with van der Waals surface area (Å²) in [6, 6.07) is 29.2. The lowest BCUT2D eigenvalue weighted by atomic mass is 9.80. The van der Waals surface area contributed by atoms with Crippen LogP contribution in [0.3, 0.4) is 0 Å². The van der Waals surface area contributed by atoms with Crippen molar-refractivity contribution >= 4 is 23.5 Å². The van der Waals surface area contributed by atoms with Crippen LogP contribution < -0.4 is 0 Å². The van der Waals surface area contributed by atoms with Crippen molar-refractivity contribution in [2.45, 2.75) is 23.7 Å². The monoisotopic (exact) mass is 402 g/mol. The van der Waals surface area contributed by atoms with Crippen molar-refractivity contribution < 1.29 is 14.3 Å². The molecule has 146 valence electrons. The fourth-order valence-electron chi connectivity index (χ4n) is 3.73. The van der Waals surface area contributed by atoms with E-state index in [0.29, 0.717) is 5.75 Å². The third kappa shape index (κ3) is 4.13. The number of cyclic esters (lactones) is 1. The molecule has 1 saturated heterocycles. The Labute approximate surface area is 175 Å². The topological polar surface area (TPSA) is 43.4 Å². The number of ether oxygens (including phenoxy) is 1. The summed E-state index contributed by atoms with van der Waals surface area (Å²) in [6.07, 6.45) is 0.959. The van der Waals surface area contributed by atoms with Gasteiger partial charge in [-0.15, -0.1) is 11.8 Å². The van der Waals surface area contributed by atoms with Crippen molar-refractivity contribution in [1.82, 2.24) is 0 Å². The van der Waals surface area contributed by atoms with Gasteiger partial charge in [0.05, 0.1) is 6.42 Å². The van der Waals surface area contributed by atoms with E-state index in [2.05, 4.69) is 12.1 Å². The molecule has 0 radical (unpaired) electrons. The third-order valence-electron chi connectivity index (χ3n) is 5.20. The van der Waals surface area contributed by atoms with Gasteiger partial charge in [0, 0.05) is 11.1 Å². The Kier molecular flexibility index (Phi) is 5.81. The molecule has 0 amide bonds. The van der Waals surface area contributed by atoms with E-state index in [4.69, 9.17) is 4.74 Å². The van der Waals surface area contributed by atoms with Crippen LogP contribution in [0, 0.1) is 0 Å². The Bertz CT molecular complexity index is 911. The number of Topliss-reactive ketones (excluding diaryl/α,β-unsaturated/α-hetero) is 1. The van der Waals surface area contributed by atoms with Gasteiger partial charge in [-0.1, -0.05) is 91.0 Å². The summed E-state index contributed by atoms with van der Waals surface area (Å²) in [5, 5.41) is -0.765. The predicted molar refractivity (Wildman–Crippen MR) is 116 cm³/mol. The van der Waals surface area contributed by atoms with Crippen molar-refractivity contribution in [2.24, 2.45) is 0 Å². The zero-order valence-corrected chi connectivity index (χ0v) is 16.8. The van der Waals surface area contributed by atoms with Crippen molar-refractivity contribution in [3.8, 4) is 0 Å².